The maximum absolute atomic E-state index is 11.4. The molecule has 4 heteroatoms. The van der Waals surface area contributed by atoms with Gasteiger partial charge in [-0.2, -0.15) is 0 Å². The van der Waals surface area contributed by atoms with Crippen molar-refractivity contribution in [3.8, 4) is 0 Å². The highest BCUT2D eigenvalue weighted by atomic mass is 16.4. The van der Waals surface area contributed by atoms with Gasteiger partial charge in [-0.25, -0.2) is 0 Å². The summed E-state index contributed by atoms with van der Waals surface area (Å²) in [6, 6.07) is 0.629. The Labute approximate surface area is 117 Å². The van der Waals surface area contributed by atoms with Gasteiger partial charge in [0.1, 0.15) is 5.54 Å². The van der Waals surface area contributed by atoms with Gasteiger partial charge < -0.3 is 15.3 Å². The summed E-state index contributed by atoms with van der Waals surface area (Å²) in [5.41, 5.74) is -0.745. The standard InChI is InChI=1S/C15H30N2O2/c1-5-15(16-4,14(18)19)9-7-11-17-10-6-8-12(2)13(17)3/h12-13,16H,5-11H2,1-4H3,(H,18,19). The second-order valence-electron chi connectivity index (χ2n) is 5.99. The first-order valence-corrected chi connectivity index (χ1v) is 7.63. The Hall–Kier alpha value is -0.610. The summed E-state index contributed by atoms with van der Waals surface area (Å²) in [6.45, 7) is 8.74. The lowest BCUT2D eigenvalue weighted by Crippen LogP contribution is -2.50. The number of nitrogens with zero attached hydrogens (tertiary/aromatic N) is 1. The lowest BCUT2D eigenvalue weighted by atomic mass is 9.89. The molecule has 19 heavy (non-hydrogen) atoms. The Balaban J connectivity index is 2.46. The maximum atomic E-state index is 11.4. The SMILES string of the molecule is CCC(CCCN1CCCC(C)C1C)(NC)C(=O)O. The number of hydrogen-bond donors (Lipinski definition) is 2. The van der Waals surface area contributed by atoms with Crippen LogP contribution in [-0.4, -0.2) is 47.7 Å². The Kier molecular flexibility index (Phi) is 6.27. The van der Waals surface area contributed by atoms with E-state index in [1.807, 2.05) is 6.92 Å². The zero-order valence-electron chi connectivity index (χ0n) is 12.9. The second kappa shape index (κ2) is 7.25. The van der Waals surface area contributed by atoms with Crippen LogP contribution in [0.3, 0.4) is 0 Å². The number of piperidine rings is 1. The van der Waals surface area contributed by atoms with Gasteiger partial charge in [-0.15, -0.1) is 0 Å². The maximum Gasteiger partial charge on any atom is 0.323 e. The van der Waals surface area contributed by atoms with Crippen LogP contribution in [0, 0.1) is 5.92 Å². The van der Waals surface area contributed by atoms with Crippen LogP contribution in [0.4, 0.5) is 0 Å². The molecule has 1 saturated heterocycles. The van der Waals surface area contributed by atoms with Crippen LogP contribution in [0.25, 0.3) is 0 Å². The number of likely N-dealkylation sites (tertiary alicyclic amines) is 1. The van der Waals surface area contributed by atoms with Crippen LogP contribution in [0.5, 0.6) is 0 Å². The van der Waals surface area contributed by atoms with Crippen molar-refractivity contribution in [1.29, 1.82) is 0 Å². The van der Waals surface area contributed by atoms with Crippen molar-refractivity contribution in [1.82, 2.24) is 10.2 Å². The van der Waals surface area contributed by atoms with E-state index in [9.17, 15) is 9.90 Å². The predicted molar refractivity (Wildman–Crippen MR) is 78.4 cm³/mol. The van der Waals surface area contributed by atoms with Crippen molar-refractivity contribution in [2.45, 2.75) is 64.5 Å². The fourth-order valence-electron chi connectivity index (χ4n) is 3.16. The molecule has 0 aliphatic carbocycles. The van der Waals surface area contributed by atoms with E-state index >= 15 is 0 Å². The minimum Gasteiger partial charge on any atom is -0.480 e. The van der Waals surface area contributed by atoms with E-state index < -0.39 is 11.5 Å². The molecule has 0 radical (unpaired) electrons. The molecule has 4 nitrogen and oxygen atoms in total. The highest BCUT2D eigenvalue weighted by molar-refractivity contribution is 5.78. The molecule has 1 aliphatic rings. The lowest BCUT2D eigenvalue weighted by Gasteiger charge is -2.38. The van der Waals surface area contributed by atoms with Gasteiger partial charge in [0.2, 0.25) is 0 Å². The summed E-state index contributed by atoms with van der Waals surface area (Å²) in [5, 5.41) is 12.4. The third kappa shape index (κ3) is 3.93. The molecule has 1 aliphatic heterocycles. The van der Waals surface area contributed by atoms with E-state index in [1.165, 1.54) is 12.8 Å². The lowest BCUT2D eigenvalue weighted by molar-refractivity contribution is -0.145. The molecule has 0 spiro atoms. The van der Waals surface area contributed by atoms with E-state index in [0.717, 1.165) is 25.4 Å². The van der Waals surface area contributed by atoms with Crippen LogP contribution >= 0.6 is 0 Å². The van der Waals surface area contributed by atoms with Gasteiger partial charge in [0.25, 0.3) is 0 Å². The molecular weight excluding hydrogens is 240 g/mol. The zero-order valence-corrected chi connectivity index (χ0v) is 12.9. The number of carboxylic acids is 1. The van der Waals surface area contributed by atoms with Crippen molar-refractivity contribution in [2.75, 3.05) is 20.1 Å². The van der Waals surface area contributed by atoms with E-state index in [4.69, 9.17) is 0 Å². The number of aliphatic carboxylic acids is 1. The van der Waals surface area contributed by atoms with Crippen LogP contribution in [-0.2, 0) is 4.79 Å². The molecule has 112 valence electrons. The fraction of sp³-hybridized carbons (Fsp3) is 0.933. The number of carbonyl (C=O) groups is 1. The van der Waals surface area contributed by atoms with Gasteiger partial charge in [0.15, 0.2) is 0 Å². The largest absolute Gasteiger partial charge is 0.480 e. The van der Waals surface area contributed by atoms with E-state index in [0.29, 0.717) is 18.9 Å². The molecule has 3 atom stereocenters. The van der Waals surface area contributed by atoms with Crippen molar-refractivity contribution in [3.63, 3.8) is 0 Å². The van der Waals surface area contributed by atoms with Crippen LogP contribution in [0.2, 0.25) is 0 Å². The molecule has 0 aromatic heterocycles. The zero-order chi connectivity index (χ0) is 14.5. The number of hydrogen-bond acceptors (Lipinski definition) is 3. The topological polar surface area (TPSA) is 52.6 Å². The smallest absolute Gasteiger partial charge is 0.323 e. The molecule has 0 bridgehead atoms. The van der Waals surface area contributed by atoms with Crippen LogP contribution in [0.15, 0.2) is 0 Å². The van der Waals surface area contributed by atoms with E-state index in [-0.39, 0.29) is 0 Å². The summed E-state index contributed by atoms with van der Waals surface area (Å²) in [4.78, 5) is 13.9. The summed E-state index contributed by atoms with van der Waals surface area (Å²) in [7, 11) is 1.75. The van der Waals surface area contributed by atoms with Crippen molar-refractivity contribution >= 4 is 5.97 Å². The third-order valence-electron chi connectivity index (χ3n) is 5.04. The average molecular weight is 270 g/mol. The molecule has 1 heterocycles. The molecule has 0 amide bonds. The number of nitrogens with one attached hydrogen (secondary N) is 1. The number of likely N-dealkylation sites (N-methyl/N-ethyl adjacent to an activating group) is 1. The molecule has 1 fully saturated rings. The molecule has 0 saturated carbocycles. The van der Waals surface area contributed by atoms with Gasteiger partial charge in [-0.05, 0) is 65.1 Å². The molecule has 2 N–H and O–H groups in total. The van der Waals surface area contributed by atoms with E-state index in [1.54, 1.807) is 7.05 Å². The molecule has 0 aromatic carbocycles. The van der Waals surface area contributed by atoms with Crippen LogP contribution in [0.1, 0.15) is 52.9 Å². The van der Waals surface area contributed by atoms with Gasteiger partial charge in [0, 0.05) is 6.04 Å². The van der Waals surface area contributed by atoms with Crippen molar-refractivity contribution in [3.05, 3.63) is 0 Å². The Morgan fingerprint density at radius 2 is 2.16 bits per heavy atom. The van der Waals surface area contributed by atoms with Crippen molar-refractivity contribution in [2.24, 2.45) is 5.92 Å². The summed E-state index contributed by atoms with van der Waals surface area (Å²) in [6.07, 6.45) is 4.87. The third-order valence-corrected chi connectivity index (χ3v) is 5.04. The van der Waals surface area contributed by atoms with Crippen molar-refractivity contribution < 1.29 is 9.90 Å². The first kappa shape index (κ1) is 16.4. The number of rotatable bonds is 7. The second-order valence-corrected chi connectivity index (χ2v) is 5.99. The first-order chi connectivity index (χ1) is 8.96. The highest BCUT2D eigenvalue weighted by Gasteiger charge is 2.34. The number of carboxylic acid groups (broad SMARTS) is 1. The predicted octanol–water partition coefficient (Wildman–Crippen LogP) is 2.34. The Morgan fingerprint density at radius 1 is 1.47 bits per heavy atom. The normalized spacial score (nSPS) is 28.0. The minimum atomic E-state index is -0.745. The Morgan fingerprint density at radius 3 is 2.68 bits per heavy atom. The first-order valence-electron chi connectivity index (χ1n) is 7.63. The monoisotopic (exact) mass is 270 g/mol. The molecular formula is C15H30N2O2. The molecule has 3 unspecified atom stereocenters. The summed E-state index contributed by atoms with van der Waals surface area (Å²) in [5.74, 6) is 0.0333. The quantitative estimate of drug-likeness (QED) is 0.745. The Bertz CT molecular complexity index is 290. The van der Waals surface area contributed by atoms with E-state index in [2.05, 4.69) is 24.1 Å². The minimum absolute atomic E-state index is 0.629. The van der Waals surface area contributed by atoms with Gasteiger partial charge >= 0.3 is 5.97 Å². The highest BCUT2D eigenvalue weighted by Crippen LogP contribution is 2.24. The van der Waals surface area contributed by atoms with Gasteiger partial charge in [-0.1, -0.05) is 13.8 Å². The summed E-state index contributed by atoms with van der Waals surface area (Å²) >= 11 is 0. The fourth-order valence-corrected chi connectivity index (χ4v) is 3.16. The van der Waals surface area contributed by atoms with Gasteiger partial charge in [-0.3, -0.25) is 4.79 Å². The molecule has 1 rings (SSSR count). The molecule has 0 aromatic rings. The average Bonchev–Trinajstić information content (AvgIpc) is 2.39. The van der Waals surface area contributed by atoms with Gasteiger partial charge in [0.05, 0.1) is 0 Å². The van der Waals surface area contributed by atoms with Crippen LogP contribution < -0.4 is 5.32 Å². The summed E-state index contributed by atoms with van der Waals surface area (Å²) < 4.78 is 0.